The lowest BCUT2D eigenvalue weighted by Crippen LogP contribution is -2.22. The summed E-state index contributed by atoms with van der Waals surface area (Å²) in [5, 5.41) is 4.01. The summed E-state index contributed by atoms with van der Waals surface area (Å²) in [5.74, 6) is 2.73. The number of halogens is 1. The van der Waals surface area contributed by atoms with Crippen LogP contribution in [-0.2, 0) is 6.54 Å². The van der Waals surface area contributed by atoms with Crippen molar-refractivity contribution in [2.24, 2.45) is 11.8 Å². The Morgan fingerprint density at radius 2 is 2.22 bits per heavy atom. The van der Waals surface area contributed by atoms with Crippen LogP contribution < -0.4 is 10.2 Å². The highest BCUT2D eigenvalue weighted by molar-refractivity contribution is 6.31. The van der Waals surface area contributed by atoms with Crippen LogP contribution in [0.1, 0.15) is 26.0 Å². The number of hydrogen-bond donors (Lipinski definition) is 1. The van der Waals surface area contributed by atoms with Gasteiger partial charge in [-0.15, -0.1) is 0 Å². The Kier molecular flexibility index (Phi) is 4.46. The van der Waals surface area contributed by atoms with Crippen LogP contribution in [0.15, 0.2) is 12.1 Å². The largest absolute Gasteiger partial charge is 0.359 e. The van der Waals surface area contributed by atoms with Crippen LogP contribution in [0.5, 0.6) is 0 Å². The van der Waals surface area contributed by atoms with Gasteiger partial charge in [0.25, 0.3) is 0 Å². The maximum atomic E-state index is 6.16. The van der Waals surface area contributed by atoms with Gasteiger partial charge in [-0.25, -0.2) is 4.98 Å². The highest BCUT2D eigenvalue weighted by Gasteiger charge is 2.33. The third-order valence-electron chi connectivity index (χ3n) is 3.62. The first-order chi connectivity index (χ1) is 8.61. The van der Waals surface area contributed by atoms with Crippen molar-refractivity contribution in [3.05, 3.63) is 22.8 Å². The normalized spacial score (nSPS) is 22.0. The summed E-state index contributed by atoms with van der Waals surface area (Å²) >= 11 is 6.16. The van der Waals surface area contributed by atoms with Crippen LogP contribution in [0, 0.1) is 11.8 Å². The van der Waals surface area contributed by atoms with Crippen molar-refractivity contribution in [2.45, 2.75) is 26.8 Å². The maximum absolute atomic E-state index is 6.16. The van der Waals surface area contributed by atoms with E-state index in [4.69, 9.17) is 11.6 Å². The van der Waals surface area contributed by atoms with Gasteiger partial charge in [-0.05, 0) is 36.9 Å². The molecule has 0 saturated heterocycles. The standard InChI is InChI=1S/C14H22ClN3/c1-4-16-8-13-12(15)5-6-14(17-13)18(3)9-11-7-10(11)2/h5-6,10-11,16H,4,7-9H2,1-3H3. The molecule has 0 aliphatic heterocycles. The van der Waals surface area contributed by atoms with Crippen LogP contribution in [0.4, 0.5) is 5.82 Å². The topological polar surface area (TPSA) is 28.2 Å². The summed E-state index contributed by atoms with van der Waals surface area (Å²) in [6.07, 6.45) is 1.35. The number of pyridine rings is 1. The van der Waals surface area contributed by atoms with E-state index in [2.05, 4.69) is 36.1 Å². The first-order valence-corrected chi connectivity index (χ1v) is 7.07. The number of nitrogens with zero attached hydrogens (tertiary/aromatic N) is 2. The van der Waals surface area contributed by atoms with Crippen molar-refractivity contribution in [3.63, 3.8) is 0 Å². The number of rotatable bonds is 6. The molecular formula is C14H22ClN3. The molecule has 1 heterocycles. The molecule has 1 fully saturated rings. The van der Waals surface area contributed by atoms with E-state index in [1.165, 1.54) is 6.42 Å². The Balaban J connectivity index is 2.02. The minimum absolute atomic E-state index is 0.733. The Bertz CT molecular complexity index is 408. The van der Waals surface area contributed by atoms with Crippen molar-refractivity contribution in [1.29, 1.82) is 0 Å². The van der Waals surface area contributed by atoms with Crippen molar-refractivity contribution in [2.75, 3.05) is 25.0 Å². The molecule has 0 bridgehead atoms. The van der Waals surface area contributed by atoms with Crippen LogP contribution in [0.2, 0.25) is 5.02 Å². The molecule has 0 aromatic carbocycles. The van der Waals surface area contributed by atoms with Crippen molar-refractivity contribution in [1.82, 2.24) is 10.3 Å². The molecule has 0 spiro atoms. The minimum Gasteiger partial charge on any atom is -0.359 e. The fourth-order valence-corrected chi connectivity index (χ4v) is 2.32. The van der Waals surface area contributed by atoms with Gasteiger partial charge in [-0.3, -0.25) is 0 Å². The number of hydrogen-bond acceptors (Lipinski definition) is 3. The van der Waals surface area contributed by atoms with E-state index < -0.39 is 0 Å². The maximum Gasteiger partial charge on any atom is 0.128 e. The average molecular weight is 268 g/mol. The minimum atomic E-state index is 0.733. The van der Waals surface area contributed by atoms with Gasteiger partial charge in [0.2, 0.25) is 0 Å². The predicted molar refractivity (Wildman–Crippen MR) is 77.2 cm³/mol. The zero-order valence-electron chi connectivity index (χ0n) is 11.4. The SMILES string of the molecule is CCNCc1nc(N(C)CC2CC2C)ccc1Cl. The Morgan fingerprint density at radius 1 is 1.50 bits per heavy atom. The Labute approximate surface area is 115 Å². The average Bonchev–Trinajstić information content (AvgIpc) is 3.03. The molecule has 18 heavy (non-hydrogen) atoms. The zero-order valence-corrected chi connectivity index (χ0v) is 12.2. The number of nitrogens with one attached hydrogen (secondary N) is 1. The summed E-state index contributed by atoms with van der Waals surface area (Å²) in [6.45, 7) is 7.15. The third-order valence-corrected chi connectivity index (χ3v) is 3.97. The molecule has 2 unspecified atom stereocenters. The fourth-order valence-electron chi connectivity index (χ4n) is 2.15. The molecule has 1 N–H and O–H groups in total. The van der Waals surface area contributed by atoms with E-state index in [0.717, 1.165) is 48.0 Å². The van der Waals surface area contributed by atoms with Gasteiger partial charge in [0.05, 0.1) is 10.7 Å². The van der Waals surface area contributed by atoms with E-state index in [-0.39, 0.29) is 0 Å². The second-order valence-corrected chi connectivity index (χ2v) is 5.64. The fraction of sp³-hybridized carbons (Fsp3) is 0.643. The van der Waals surface area contributed by atoms with E-state index in [1.807, 2.05) is 12.1 Å². The Morgan fingerprint density at radius 3 is 2.83 bits per heavy atom. The molecule has 1 aromatic rings. The van der Waals surface area contributed by atoms with Crippen LogP contribution in [0.3, 0.4) is 0 Å². The lowest BCUT2D eigenvalue weighted by Gasteiger charge is -2.19. The zero-order chi connectivity index (χ0) is 13.1. The first-order valence-electron chi connectivity index (χ1n) is 6.69. The molecule has 4 heteroatoms. The highest BCUT2D eigenvalue weighted by Crippen LogP contribution is 2.38. The molecule has 1 saturated carbocycles. The summed E-state index contributed by atoms with van der Waals surface area (Å²) in [5.41, 5.74) is 0.937. The summed E-state index contributed by atoms with van der Waals surface area (Å²) in [4.78, 5) is 6.88. The monoisotopic (exact) mass is 267 g/mol. The molecule has 2 atom stereocenters. The van der Waals surface area contributed by atoms with E-state index in [1.54, 1.807) is 0 Å². The second-order valence-electron chi connectivity index (χ2n) is 5.23. The van der Waals surface area contributed by atoms with Gasteiger partial charge in [-0.1, -0.05) is 25.4 Å². The molecule has 3 nitrogen and oxygen atoms in total. The van der Waals surface area contributed by atoms with Crippen molar-refractivity contribution < 1.29 is 0 Å². The van der Waals surface area contributed by atoms with E-state index in [9.17, 15) is 0 Å². The van der Waals surface area contributed by atoms with E-state index >= 15 is 0 Å². The second kappa shape index (κ2) is 5.89. The van der Waals surface area contributed by atoms with E-state index in [0.29, 0.717) is 0 Å². The Hall–Kier alpha value is -0.800. The van der Waals surface area contributed by atoms with Gasteiger partial charge in [0.15, 0.2) is 0 Å². The number of anilines is 1. The van der Waals surface area contributed by atoms with Gasteiger partial charge < -0.3 is 10.2 Å². The van der Waals surface area contributed by atoms with Crippen LogP contribution in [0.25, 0.3) is 0 Å². The quantitative estimate of drug-likeness (QED) is 0.859. The lowest BCUT2D eigenvalue weighted by molar-refractivity contribution is 0.698. The van der Waals surface area contributed by atoms with Crippen molar-refractivity contribution >= 4 is 17.4 Å². The van der Waals surface area contributed by atoms with Gasteiger partial charge >= 0.3 is 0 Å². The summed E-state index contributed by atoms with van der Waals surface area (Å²) < 4.78 is 0. The molecular weight excluding hydrogens is 246 g/mol. The first kappa shape index (κ1) is 13.6. The molecule has 2 rings (SSSR count). The van der Waals surface area contributed by atoms with Gasteiger partial charge in [0, 0.05) is 20.1 Å². The highest BCUT2D eigenvalue weighted by atomic mass is 35.5. The van der Waals surface area contributed by atoms with Gasteiger partial charge in [-0.2, -0.15) is 0 Å². The summed E-state index contributed by atoms with van der Waals surface area (Å²) in [7, 11) is 2.11. The third kappa shape index (κ3) is 3.36. The smallest absolute Gasteiger partial charge is 0.128 e. The molecule has 0 amide bonds. The molecule has 100 valence electrons. The molecule has 0 radical (unpaired) electrons. The summed E-state index contributed by atoms with van der Waals surface area (Å²) in [6, 6.07) is 3.95. The molecule has 1 aliphatic carbocycles. The van der Waals surface area contributed by atoms with Crippen LogP contribution >= 0.6 is 11.6 Å². The van der Waals surface area contributed by atoms with Crippen molar-refractivity contribution in [3.8, 4) is 0 Å². The molecule has 1 aliphatic rings. The number of aromatic nitrogens is 1. The molecule has 1 aromatic heterocycles. The van der Waals surface area contributed by atoms with Gasteiger partial charge in [0.1, 0.15) is 5.82 Å². The predicted octanol–water partition coefficient (Wildman–Crippen LogP) is 2.94. The van der Waals surface area contributed by atoms with Crippen LogP contribution in [-0.4, -0.2) is 25.1 Å². The lowest BCUT2D eigenvalue weighted by atomic mass is 10.3.